The highest BCUT2D eigenvalue weighted by atomic mass is 79.9. The Morgan fingerprint density at radius 1 is 1.09 bits per heavy atom. The number of rotatable bonds is 7. The van der Waals surface area contributed by atoms with Gasteiger partial charge in [0.15, 0.2) is 0 Å². The Morgan fingerprint density at radius 2 is 1.68 bits per heavy atom. The fraction of sp³-hybridized carbons (Fsp3) is 0.400. The van der Waals surface area contributed by atoms with Crippen LogP contribution in [-0.2, 0) is 35.2 Å². The number of methoxy groups -OCH3 is 2. The molecule has 0 aromatic heterocycles. The highest BCUT2D eigenvalue weighted by molar-refractivity contribution is 9.10. The molecule has 0 N–H and O–H groups in total. The third kappa shape index (κ3) is 6.26. The van der Waals surface area contributed by atoms with Crippen LogP contribution in [0.2, 0.25) is 0 Å². The zero-order valence-corrected chi connectivity index (χ0v) is 13.9. The average Bonchev–Trinajstić information content (AvgIpc) is 2.51. The Labute approximate surface area is 136 Å². The van der Waals surface area contributed by atoms with Gasteiger partial charge in [0.1, 0.15) is 6.61 Å². The summed E-state index contributed by atoms with van der Waals surface area (Å²) in [5, 5.41) is 0. The van der Waals surface area contributed by atoms with Gasteiger partial charge in [-0.15, -0.1) is 0 Å². The summed E-state index contributed by atoms with van der Waals surface area (Å²) in [4.78, 5) is 34.7. The van der Waals surface area contributed by atoms with Crippen molar-refractivity contribution in [1.82, 2.24) is 0 Å². The number of halogens is 1. The van der Waals surface area contributed by atoms with E-state index in [2.05, 4.69) is 25.4 Å². The molecule has 0 unspecified atom stereocenters. The zero-order chi connectivity index (χ0) is 16.5. The molecular formula is C15H17BrO6. The van der Waals surface area contributed by atoms with Crippen LogP contribution in [0.25, 0.3) is 0 Å². The first kappa shape index (κ1) is 18.2. The van der Waals surface area contributed by atoms with Crippen LogP contribution in [-0.4, -0.2) is 32.1 Å². The molecule has 1 rings (SSSR count). The molecule has 22 heavy (non-hydrogen) atoms. The van der Waals surface area contributed by atoms with Crippen LogP contribution < -0.4 is 0 Å². The molecule has 0 fully saturated rings. The molecule has 0 aliphatic heterocycles. The molecular weight excluding hydrogens is 356 g/mol. The fourth-order valence-corrected chi connectivity index (χ4v) is 2.15. The molecule has 120 valence electrons. The maximum atomic E-state index is 12.1. The summed E-state index contributed by atoms with van der Waals surface area (Å²) in [5.41, 5.74) is 0.789. The number of ether oxygens (including phenoxy) is 3. The largest absolute Gasteiger partial charge is 0.469 e. The predicted octanol–water partition coefficient (Wildman–Crippen LogP) is 2.23. The second kappa shape index (κ2) is 9.19. The molecule has 6 nitrogen and oxygen atoms in total. The van der Waals surface area contributed by atoms with E-state index >= 15 is 0 Å². The molecule has 0 aliphatic rings. The van der Waals surface area contributed by atoms with E-state index in [0.717, 1.165) is 10.0 Å². The Morgan fingerprint density at radius 3 is 2.18 bits per heavy atom. The van der Waals surface area contributed by atoms with Gasteiger partial charge >= 0.3 is 17.9 Å². The SMILES string of the molecule is COC(=O)CC(CC(=O)OC)C(=O)OCc1cccc(Br)c1. The molecule has 0 saturated heterocycles. The van der Waals surface area contributed by atoms with Crippen LogP contribution in [0.15, 0.2) is 28.7 Å². The molecule has 0 radical (unpaired) electrons. The van der Waals surface area contributed by atoms with Crippen molar-refractivity contribution in [3.05, 3.63) is 34.3 Å². The number of carbonyl (C=O) groups is 3. The molecule has 0 spiro atoms. The van der Waals surface area contributed by atoms with Crippen molar-refractivity contribution >= 4 is 33.8 Å². The number of carbonyl (C=O) groups excluding carboxylic acids is 3. The van der Waals surface area contributed by atoms with Gasteiger partial charge in [-0.2, -0.15) is 0 Å². The molecule has 0 saturated carbocycles. The van der Waals surface area contributed by atoms with Gasteiger partial charge in [-0.1, -0.05) is 28.1 Å². The van der Waals surface area contributed by atoms with E-state index in [4.69, 9.17) is 4.74 Å². The Balaban J connectivity index is 2.65. The lowest BCUT2D eigenvalue weighted by molar-refractivity contribution is -0.158. The highest BCUT2D eigenvalue weighted by Crippen LogP contribution is 2.16. The molecule has 1 aromatic rings. The van der Waals surface area contributed by atoms with Gasteiger partial charge < -0.3 is 14.2 Å². The Hall–Kier alpha value is -1.89. The maximum absolute atomic E-state index is 12.1. The molecule has 0 amide bonds. The zero-order valence-electron chi connectivity index (χ0n) is 12.3. The third-order valence-corrected chi connectivity index (χ3v) is 3.38. The van der Waals surface area contributed by atoms with Gasteiger partial charge in [-0.25, -0.2) is 0 Å². The minimum Gasteiger partial charge on any atom is -0.469 e. The first-order valence-corrected chi connectivity index (χ1v) is 7.30. The van der Waals surface area contributed by atoms with Gasteiger partial charge in [0.05, 0.1) is 33.0 Å². The van der Waals surface area contributed by atoms with E-state index in [1.54, 1.807) is 6.07 Å². The van der Waals surface area contributed by atoms with Crippen molar-refractivity contribution in [2.24, 2.45) is 5.92 Å². The maximum Gasteiger partial charge on any atom is 0.310 e. The van der Waals surface area contributed by atoms with Crippen LogP contribution in [0, 0.1) is 5.92 Å². The van der Waals surface area contributed by atoms with Crippen LogP contribution in [0.5, 0.6) is 0 Å². The Kier molecular flexibility index (Phi) is 7.59. The van der Waals surface area contributed by atoms with Gasteiger partial charge in [0.25, 0.3) is 0 Å². The highest BCUT2D eigenvalue weighted by Gasteiger charge is 2.27. The molecule has 1 aromatic carbocycles. The summed E-state index contributed by atoms with van der Waals surface area (Å²) in [6, 6.07) is 7.27. The molecule has 0 bridgehead atoms. The lowest BCUT2D eigenvalue weighted by atomic mass is 10.0. The van der Waals surface area contributed by atoms with Crippen LogP contribution in [0.1, 0.15) is 18.4 Å². The number of hydrogen-bond donors (Lipinski definition) is 0. The lowest BCUT2D eigenvalue weighted by Crippen LogP contribution is -2.24. The fourth-order valence-electron chi connectivity index (χ4n) is 1.71. The van der Waals surface area contributed by atoms with E-state index in [1.807, 2.05) is 18.2 Å². The standard InChI is InChI=1S/C15H17BrO6/c1-20-13(17)7-11(8-14(18)21-2)15(19)22-9-10-4-3-5-12(16)6-10/h3-6,11H,7-9H2,1-2H3. The van der Waals surface area contributed by atoms with Crippen molar-refractivity contribution in [3.8, 4) is 0 Å². The summed E-state index contributed by atoms with van der Waals surface area (Å²) < 4.78 is 15.1. The summed E-state index contributed by atoms with van der Waals surface area (Å²) >= 11 is 3.32. The smallest absolute Gasteiger partial charge is 0.310 e. The van der Waals surface area contributed by atoms with E-state index in [0.29, 0.717) is 0 Å². The van der Waals surface area contributed by atoms with Gasteiger partial charge in [-0.05, 0) is 17.7 Å². The summed E-state index contributed by atoms with van der Waals surface area (Å²) in [5.74, 6) is -2.75. The number of benzene rings is 1. The number of esters is 3. The second-order valence-electron chi connectivity index (χ2n) is 4.50. The van der Waals surface area contributed by atoms with Gasteiger partial charge in [0, 0.05) is 4.47 Å². The van der Waals surface area contributed by atoms with Crippen molar-refractivity contribution in [2.75, 3.05) is 14.2 Å². The molecule has 7 heteroatoms. The van der Waals surface area contributed by atoms with Gasteiger partial charge in [-0.3, -0.25) is 14.4 Å². The summed E-state index contributed by atoms with van der Waals surface area (Å²) in [6.45, 7) is 0.0527. The third-order valence-electron chi connectivity index (χ3n) is 2.88. The summed E-state index contributed by atoms with van der Waals surface area (Å²) in [7, 11) is 2.43. The topological polar surface area (TPSA) is 78.9 Å². The lowest BCUT2D eigenvalue weighted by Gasteiger charge is -2.14. The van der Waals surface area contributed by atoms with Crippen LogP contribution >= 0.6 is 15.9 Å². The van der Waals surface area contributed by atoms with E-state index in [1.165, 1.54) is 14.2 Å². The van der Waals surface area contributed by atoms with Crippen molar-refractivity contribution in [1.29, 1.82) is 0 Å². The van der Waals surface area contributed by atoms with Crippen LogP contribution in [0.3, 0.4) is 0 Å². The molecule has 0 atom stereocenters. The minimum absolute atomic E-state index is 0.0527. The van der Waals surface area contributed by atoms with Crippen molar-refractivity contribution in [2.45, 2.75) is 19.4 Å². The first-order valence-electron chi connectivity index (χ1n) is 6.51. The monoisotopic (exact) mass is 372 g/mol. The molecule has 0 aliphatic carbocycles. The normalized spacial score (nSPS) is 10.2. The Bertz CT molecular complexity index is 525. The quantitative estimate of drug-likeness (QED) is 0.539. The van der Waals surface area contributed by atoms with E-state index in [9.17, 15) is 14.4 Å². The van der Waals surface area contributed by atoms with Crippen molar-refractivity contribution < 1.29 is 28.6 Å². The second-order valence-corrected chi connectivity index (χ2v) is 5.41. The average molecular weight is 373 g/mol. The first-order chi connectivity index (χ1) is 10.5. The predicted molar refractivity (Wildman–Crippen MR) is 80.7 cm³/mol. The van der Waals surface area contributed by atoms with Gasteiger partial charge in [0.2, 0.25) is 0 Å². The van der Waals surface area contributed by atoms with E-state index < -0.39 is 23.8 Å². The number of hydrogen-bond acceptors (Lipinski definition) is 6. The van der Waals surface area contributed by atoms with Crippen LogP contribution in [0.4, 0.5) is 0 Å². The summed E-state index contributed by atoms with van der Waals surface area (Å²) in [6.07, 6.45) is -0.466. The van der Waals surface area contributed by atoms with Crippen molar-refractivity contribution in [3.63, 3.8) is 0 Å². The van der Waals surface area contributed by atoms with E-state index in [-0.39, 0.29) is 19.4 Å². The molecule has 0 heterocycles. The minimum atomic E-state index is -0.924.